The Morgan fingerprint density at radius 2 is 1.00 bits per heavy atom. The van der Waals surface area contributed by atoms with E-state index in [0.29, 0.717) is 39.6 Å². The first-order chi connectivity index (χ1) is 21.0. The van der Waals surface area contributed by atoms with E-state index in [0.717, 1.165) is 63.6 Å². The Morgan fingerprint density at radius 1 is 0.628 bits per heavy atom. The number of ether oxygens (including phenoxy) is 8. The Hall–Kier alpha value is -2.20. The van der Waals surface area contributed by atoms with Gasteiger partial charge in [0.25, 0.3) is 0 Å². The van der Waals surface area contributed by atoms with E-state index in [9.17, 15) is 0 Å². The zero-order valence-electron chi connectivity index (χ0n) is 26.6. The lowest BCUT2D eigenvalue weighted by Crippen LogP contribution is -2.30. The van der Waals surface area contributed by atoms with Gasteiger partial charge in [0.05, 0.1) is 52.9 Å². The zero-order valence-corrected chi connectivity index (χ0v) is 26.6. The average molecular weight is 601 g/mol. The quantitative estimate of drug-likeness (QED) is 0.108. The predicted octanol–water partition coefficient (Wildman–Crippen LogP) is 5.97. The second kappa shape index (κ2) is 17.9. The summed E-state index contributed by atoms with van der Waals surface area (Å²) in [7, 11) is 0. The van der Waals surface area contributed by atoms with Gasteiger partial charge in [-0.15, -0.1) is 0 Å². The molecule has 4 unspecified atom stereocenters. The van der Waals surface area contributed by atoms with Crippen LogP contribution >= 0.6 is 0 Å². The van der Waals surface area contributed by atoms with Crippen molar-refractivity contribution in [3.8, 4) is 11.5 Å². The molecule has 2 aliphatic rings. The molecule has 2 aromatic rings. The van der Waals surface area contributed by atoms with Crippen molar-refractivity contribution in [1.29, 1.82) is 0 Å². The van der Waals surface area contributed by atoms with Crippen molar-refractivity contribution in [3.05, 3.63) is 59.7 Å². The molecule has 8 heteroatoms. The highest BCUT2D eigenvalue weighted by atomic mass is 16.6. The molecular weight excluding hydrogens is 548 g/mol. The first-order valence-electron chi connectivity index (χ1n) is 16.1. The van der Waals surface area contributed by atoms with Crippen LogP contribution in [-0.4, -0.2) is 90.5 Å². The smallest absolute Gasteiger partial charge is 0.145 e. The van der Waals surface area contributed by atoms with Crippen LogP contribution in [0.25, 0.3) is 0 Å². The van der Waals surface area contributed by atoms with Crippen LogP contribution < -0.4 is 9.47 Å². The van der Waals surface area contributed by atoms with Crippen LogP contribution in [-0.2, 0) is 33.8 Å². The summed E-state index contributed by atoms with van der Waals surface area (Å²) < 4.78 is 46.4. The fourth-order valence-corrected chi connectivity index (χ4v) is 4.60. The van der Waals surface area contributed by atoms with Gasteiger partial charge in [0.2, 0.25) is 0 Å². The van der Waals surface area contributed by atoms with Crippen molar-refractivity contribution in [1.82, 2.24) is 0 Å². The molecule has 0 aromatic heterocycles. The molecule has 2 aliphatic heterocycles. The second-order valence-corrected chi connectivity index (χ2v) is 12.0. The van der Waals surface area contributed by atoms with Gasteiger partial charge in [-0.3, -0.25) is 0 Å². The van der Waals surface area contributed by atoms with Crippen LogP contribution in [0.5, 0.6) is 11.5 Å². The number of hydrogen-bond acceptors (Lipinski definition) is 8. The van der Waals surface area contributed by atoms with Gasteiger partial charge in [-0.05, 0) is 48.2 Å². The zero-order chi connectivity index (χ0) is 30.3. The average Bonchev–Trinajstić information content (AvgIpc) is 3.95. The number of unbranched alkanes of at least 4 members (excludes halogenated alkanes) is 2. The van der Waals surface area contributed by atoms with Crippen molar-refractivity contribution < 1.29 is 37.9 Å². The highest BCUT2D eigenvalue weighted by molar-refractivity contribution is 5.42. The Kier molecular flexibility index (Phi) is 14.1. The molecule has 0 N–H and O–H groups in total. The Balaban J connectivity index is 1.31. The van der Waals surface area contributed by atoms with E-state index in [2.05, 4.69) is 52.0 Å². The van der Waals surface area contributed by atoms with Gasteiger partial charge in [0.15, 0.2) is 0 Å². The maximum Gasteiger partial charge on any atom is 0.145 e. The van der Waals surface area contributed by atoms with E-state index in [1.54, 1.807) is 0 Å². The van der Waals surface area contributed by atoms with Crippen LogP contribution in [0.2, 0.25) is 0 Å². The third-order valence-electron chi connectivity index (χ3n) is 7.67. The molecule has 240 valence electrons. The fraction of sp³-hybridized carbons (Fsp3) is 0.657. The predicted molar refractivity (Wildman–Crippen MR) is 166 cm³/mol. The molecule has 2 heterocycles. The number of benzene rings is 2. The number of hydrogen-bond donors (Lipinski definition) is 0. The third kappa shape index (κ3) is 12.4. The molecule has 43 heavy (non-hydrogen) atoms. The van der Waals surface area contributed by atoms with Crippen LogP contribution in [0.3, 0.4) is 0 Å². The highest BCUT2D eigenvalue weighted by Gasteiger charge is 2.26. The molecule has 0 radical (unpaired) electrons. The maximum atomic E-state index is 6.27. The Bertz CT molecular complexity index is 936. The largest absolute Gasteiger partial charge is 0.486 e. The molecule has 0 spiro atoms. The molecule has 4 rings (SSSR count). The Morgan fingerprint density at radius 3 is 1.35 bits per heavy atom. The summed E-state index contributed by atoms with van der Waals surface area (Å²) >= 11 is 0. The Labute approximate surface area is 258 Å². The lowest BCUT2D eigenvalue weighted by molar-refractivity contribution is -0.00981. The molecule has 2 aromatic carbocycles. The summed E-state index contributed by atoms with van der Waals surface area (Å²) in [6.07, 6.45) is 4.42. The molecule has 2 saturated heterocycles. The van der Waals surface area contributed by atoms with Crippen LogP contribution in [0, 0.1) is 0 Å². The summed E-state index contributed by atoms with van der Waals surface area (Å²) in [5, 5.41) is 0. The first-order valence-corrected chi connectivity index (χ1v) is 16.1. The molecule has 0 bridgehead atoms. The van der Waals surface area contributed by atoms with Gasteiger partial charge in [-0.1, -0.05) is 64.8 Å². The maximum absolute atomic E-state index is 6.27. The summed E-state index contributed by atoms with van der Waals surface area (Å²) in [6.45, 7) is 15.0. The lowest BCUT2D eigenvalue weighted by Gasteiger charge is -2.27. The normalized spacial score (nSPS) is 19.2. The van der Waals surface area contributed by atoms with E-state index in [1.165, 1.54) is 11.1 Å². The minimum absolute atomic E-state index is 0.171. The van der Waals surface area contributed by atoms with Gasteiger partial charge >= 0.3 is 0 Å². The molecule has 0 saturated carbocycles. The van der Waals surface area contributed by atoms with E-state index in [1.807, 2.05) is 24.3 Å². The highest BCUT2D eigenvalue weighted by Crippen LogP contribution is 2.33. The minimum atomic E-state index is -0.205. The molecule has 8 nitrogen and oxygen atoms in total. The van der Waals surface area contributed by atoms with Crippen LogP contribution in [0.1, 0.15) is 64.5 Å². The second-order valence-electron chi connectivity index (χ2n) is 12.0. The third-order valence-corrected chi connectivity index (χ3v) is 7.67. The standard InChI is InChI=1S/C35H52O8/c1-5-7-17-36-21-33(23-38-19-31-25-40-31)42-29-13-9-27(10-14-29)35(3,4)28-11-15-30(16-12-28)43-34(22-37-18-8-6-2)24-39-20-32-26-41-32/h9-16,31-34H,5-8,17-26H2,1-4H3. The summed E-state index contributed by atoms with van der Waals surface area (Å²) in [5.74, 6) is 1.61. The molecule has 0 aliphatic carbocycles. The van der Waals surface area contributed by atoms with Crippen molar-refractivity contribution in [3.63, 3.8) is 0 Å². The lowest BCUT2D eigenvalue weighted by atomic mass is 9.78. The topological polar surface area (TPSA) is 80.4 Å². The van der Waals surface area contributed by atoms with Crippen molar-refractivity contribution in [2.24, 2.45) is 0 Å². The summed E-state index contributed by atoms with van der Waals surface area (Å²) in [4.78, 5) is 0. The van der Waals surface area contributed by atoms with Gasteiger partial charge in [-0.25, -0.2) is 0 Å². The molecule has 0 amide bonds. The van der Waals surface area contributed by atoms with Crippen molar-refractivity contribution in [2.75, 3.05) is 66.1 Å². The molecule has 4 atom stereocenters. The summed E-state index contributed by atoms with van der Waals surface area (Å²) in [5.41, 5.74) is 2.19. The SMILES string of the molecule is CCCCOCC(COCC1CO1)Oc1ccc(C(C)(C)c2ccc(OC(COCCCC)COCC3CO3)cc2)cc1. The van der Waals surface area contributed by atoms with E-state index >= 15 is 0 Å². The van der Waals surface area contributed by atoms with Crippen LogP contribution in [0.15, 0.2) is 48.5 Å². The van der Waals surface area contributed by atoms with E-state index < -0.39 is 0 Å². The molecular formula is C35H52O8. The fourth-order valence-electron chi connectivity index (χ4n) is 4.60. The monoisotopic (exact) mass is 600 g/mol. The van der Waals surface area contributed by atoms with Gasteiger partial charge < -0.3 is 37.9 Å². The van der Waals surface area contributed by atoms with E-state index in [4.69, 9.17) is 37.9 Å². The van der Waals surface area contributed by atoms with E-state index in [-0.39, 0.29) is 29.8 Å². The van der Waals surface area contributed by atoms with Gasteiger partial charge in [0.1, 0.15) is 35.9 Å². The minimum Gasteiger partial charge on any atom is -0.486 e. The van der Waals surface area contributed by atoms with Crippen molar-refractivity contribution in [2.45, 2.75) is 83.2 Å². The number of rotatable bonds is 24. The first kappa shape index (κ1) is 33.7. The van der Waals surface area contributed by atoms with Gasteiger partial charge in [0, 0.05) is 18.6 Å². The van der Waals surface area contributed by atoms with Gasteiger partial charge in [-0.2, -0.15) is 0 Å². The number of epoxide rings is 2. The summed E-state index contributed by atoms with van der Waals surface area (Å²) in [6, 6.07) is 16.7. The molecule has 2 fully saturated rings. The van der Waals surface area contributed by atoms with Crippen molar-refractivity contribution >= 4 is 0 Å². The van der Waals surface area contributed by atoms with Crippen LogP contribution in [0.4, 0.5) is 0 Å².